The van der Waals surface area contributed by atoms with Crippen molar-refractivity contribution in [2.45, 2.75) is 4.90 Å². The zero-order valence-corrected chi connectivity index (χ0v) is 15.7. The Bertz CT molecular complexity index is 876. The van der Waals surface area contributed by atoms with Crippen LogP contribution in [0.4, 0.5) is 5.69 Å². The molecular weight excluding hydrogens is 352 g/mol. The number of carbonyl (C=O) groups excluding carboxylic acids is 1. The van der Waals surface area contributed by atoms with Gasteiger partial charge in [0.05, 0.1) is 0 Å². The predicted octanol–water partition coefficient (Wildman–Crippen LogP) is 1.29. The summed E-state index contributed by atoms with van der Waals surface area (Å²) in [5.41, 5.74) is 1.56. The summed E-state index contributed by atoms with van der Waals surface area (Å²) >= 11 is 0. The van der Waals surface area contributed by atoms with Gasteiger partial charge in [0.25, 0.3) is 5.91 Å². The highest BCUT2D eigenvalue weighted by atomic mass is 32.2. The van der Waals surface area contributed by atoms with Crippen LogP contribution in [-0.4, -0.2) is 68.8 Å². The fourth-order valence-electron chi connectivity index (χ4n) is 2.88. The van der Waals surface area contributed by atoms with Crippen LogP contribution in [0.1, 0.15) is 10.4 Å². The van der Waals surface area contributed by atoms with Crippen molar-refractivity contribution in [2.75, 3.05) is 45.2 Å². The third-order valence-corrected chi connectivity index (χ3v) is 6.29. The lowest BCUT2D eigenvalue weighted by molar-refractivity contribution is 0.0698. The molecule has 2 aromatic rings. The standard InChI is InChI=1S/C18H22N4O3S/c1-20(2)16-6-3-5-15(13-16)18(23)21-9-11-22(12-10-21)26(24,25)17-7-4-8-19-14-17/h3-8,13-14H,9-12H2,1-2H3. The third kappa shape index (κ3) is 3.71. The van der Waals surface area contributed by atoms with Crippen molar-refractivity contribution in [3.05, 3.63) is 54.4 Å². The highest BCUT2D eigenvalue weighted by Gasteiger charge is 2.30. The quantitative estimate of drug-likeness (QED) is 0.806. The van der Waals surface area contributed by atoms with Crippen molar-refractivity contribution in [2.24, 2.45) is 0 Å². The topological polar surface area (TPSA) is 73.8 Å². The molecule has 0 unspecified atom stereocenters. The van der Waals surface area contributed by atoms with E-state index in [1.807, 2.05) is 37.2 Å². The van der Waals surface area contributed by atoms with Crippen LogP contribution >= 0.6 is 0 Å². The molecule has 0 aliphatic carbocycles. The van der Waals surface area contributed by atoms with Crippen molar-refractivity contribution in [1.82, 2.24) is 14.2 Å². The van der Waals surface area contributed by atoms with Crippen LogP contribution in [0.25, 0.3) is 0 Å². The SMILES string of the molecule is CN(C)c1cccc(C(=O)N2CCN(S(=O)(=O)c3cccnc3)CC2)c1. The zero-order chi connectivity index (χ0) is 18.7. The lowest BCUT2D eigenvalue weighted by Gasteiger charge is -2.34. The highest BCUT2D eigenvalue weighted by Crippen LogP contribution is 2.19. The van der Waals surface area contributed by atoms with E-state index in [0.717, 1.165) is 5.69 Å². The van der Waals surface area contributed by atoms with E-state index in [1.165, 1.54) is 22.8 Å². The third-order valence-electron chi connectivity index (χ3n) is 4.41. The fourth-order valence-corrected chi connectivity index (χ4v) is 4.27. The second-order valence-electron chi connectivity index (χ2n) is 6.33. The summed E-state index contributed by atoms with van der Waals surface area (Å²) in [7, 11) is 0.277. The van der Waals surface area contributed by atoms with Gasteiger partial charge in [-0.15, -0.1) is 0 Å². The van der Waals surface area contributed by atoms with Crippen molar-refractivity contribution < 1.29 is 13.2 Å². The Labute approximate surface area is 153 Å². The van der Waals surface area contributed by atoms with Gasteiger partial charge in [0, 0.05) is 63.9 Å². The van der Waals surface area contributed by atoms with Crippen LogP contribution in [0.5, 0.6) is 0 Å². The van der Waals surface area contributed by atoms with Crippen molar-refractivity contribution in [3.63, 3.8) is 0 Å². The minimum atomic E-state index is -3.57. The Hall–Kier alpha value is -2.45. The second-order valence-corrected chi connectivity index (χ2v) is 8.27. The molecule has 26 heavy (non-hydrogen) atoms. The Morgan fingerprint density at radius 3 is 2.42 bits per heavy atom. The summed E-state index contributed by atoms with van der Waals surface area (Å²) in [4.78, 5) is 20.4. The average Bonchev–Trinajstić information content (AvgIpc) is 2.68. The molecule has 1 aliphatic heterocycles. The first-order valence-corrected chi connectivity index (χ1v) is 9.80. The largest absolute Gasteiger partial charge is 0.378 e. The maximum Gasteiger partial charge on any atom is 0.254 e. The van der Waals surface area contributed by atoms with Gasteiger partial charge in [0.15, 0.2) is 0 Å². The number of pyridine rings is 1. The van der Waals surface area contributed by atoms with Gasteiger partial charge in [-0.2, -0.15) is 4.31 Å². The van der Waals surface area contributed by atoms with E-state index in [4.69, 9.17) is 0 Å². The molecule has 1 amide bonds. The van der Waals surface area contributed by atoms with Gasteiger partial charge >= 0.3 is 0 Å². The number of hydrogen-bond donors (Lipinski definition) is 0. The molecule has 0 bridgehead atoms. The normalized spacial score (nSPS) is 15.7. The summed E-state index contributed by atoms with van der Waals surface area (Å²) in [5.74, 6) is -0.0767. The lowest BCUT2D eigenvalue weighted by atomic mass is 10.1. The van der Waals surface area contributed by atoms with Gasteiger partial charge in [-0.3, -0.25) is 9.78 Å². The van der Waals surface area contributed by atoms with E-state index >= 15 is 0 Å². The molecule has 1 saturated heterocycles. The zero-order valence-electron chi connectivity index (χ0n) is 14.9. The molecule has 8 heteroatoms. The molecule has 1 fully saturated rings. The number of amides is 1. The molecule has 7 nitrogen and oxygen atoms in total. The Balaban J connectivity index is 1.69. The first kappa shape index (κ1) is 18.3. The number of carbonyl (C=O) groups is 1. The highest BCUT2D eigenvalue weighted by molar-refractivity contribution is 7.89. The molecule has 0 N–H and O–H groups in total. The first-order chi connectivity index (χ1) is 12.4. The molecule has 3 rings (SSSR count). The van der Waals surface area contributed by atoms with Gasteiger partial charge in [-0.25, -0.2) is 8.42 Å². The van der Waals surface area contributed by atoms with Gasteiger partial charge < -0.3 is 9.80 Å². The molecule has 2 heterocycles. The number of benzene rings is 1. The maximum atomic E-state index is 12.7. The summed E-state index contributed by atoms with van der Waals surface area (Å²) in [6, 6.07) is 10.6. The Morgan fingerprint density at radius 1 is 1.08 bits per heavy atom. The molecule has 1 aromatic heterocycles. The van der Waals surface area contributed by atoms with Crippen LogP contribution in [0.3, 0.4) is 0 Å². The minimum Gasteiger partial charge on any atom is -0.378 e. The molecule has 1 aromatic carbocycles. The minimum absolute atomic E-state index is 0.0767. The van der Waals surface area contributed by atoms with Crippen molar-refractivity contribution >= 4 is 21.6 Å². The van der Waals surface area contributed by atoms with Gasteiger partial charge in [0.1, 0.15) is 4.90 Å². The number of aromatic nitrogens is 1. The van der Waals surface area contributed by atoms with Crippen LogP contribution in [0, 0.1) is 0 Å². The molecule has 0 atom stereocenters. The molecule has 0 saturated carbocycles. The van der Waals surface area contributed by atoms with Gasteiger partial charge in [-0.05, 0) is 30.3 Å². The van der Waals surface area contributed by atoms with Crippen LogP contribution in [0.15, 0.2) is 53.7 Å². The van der Waals surface area contributed by atoms with Crippen LogP contribution in [-0.2, 0) is 10.0 Å². The van der Waals surface area contributed by atoms with E-state index in [1.54, 1.807) is 17.0 Å². The van der Waals surface area contributed by atoms with Crippen molar-refractivity contribution in [3.8, 4) is 0 Å². The van der Waals surface area contributed by atoms with E-state index < -0.39 is 10.0 Å². The molecule has 1 aliphatic rings. The molecule has 0 radical (unpaired) electrons. The molecule has 138 valence electrons. The molecule has 0 spiro atoms. The van der Waals surface area contributed by atoms with Crippen molar-refractivity contribution in [1.29, 1.82) is 0 Å². The van der Waals surface area contributed by atoms with E-state index in [9.17, 15) is 13.2 Å². The number of nitrogens with zero attached hydrogens (tertiary/aromatic N) is 4. The van der Waals surface area contributed by atoms with Gasteiger partial charge in [-0.1, -0.05) is 6.07 Å². The first-order valence-electron chi connectivity index (χ1n) is 8.36. The smallest absolute Gasteiger partial charge is 0.254 e. The summed E-state index contributed by atoms with van der Waals surface area (Å²) in [6.07, 6.45) is 2.89. The average molecular weight is 374 g/mol. The fraction of sp³-hybridized carbons (Fsp3) is 0.333. The van der Waals surface area contributed by atoms with E-state index in [0.29, 0.717) is 18.7 Å². The number of hydrogen-bond acceptors (Lipinski definition) is 5. The van der Waals surface area contributed by atoms with E-state index in [2.05, 4.69) is 4.98 Å². The van der Waals surface area contributed by atoms with Gasteiger partial charge in [0.2, 0.25) is 10.0 Å². The predicted molar refractivity (Wildman–Crippen MR) is 99.7 cm³/mol. The monoisotopic (exact) mass is 374 g/mol. The number of piperazine rings is 1. The number of anilines is 1. The summed E-state index contributed by atoms with van der Waals surface area (Å²) in [6.45, 7) is 1.28. The Morgan fingerprint density at radius 2 is 1.81 bits per heavy atom. The summed E-state index contributed by atoms with van der Waals surface area (Å²) < 4.78 is 26.7. The summed E-state index contributed by atoms with van der Waals surface area (Å²) in [5, 5.41) is 0. The number of rotatable bonds is 4. The van der Waals surface area contributed by atoms with E-state index in [-0.39, 0.29) is 23.9 Å². The lowest BCUT2D eigenvalue weighted by Crippen LogP contribution is -2.50. The number of sulfonamides is 1. The maximum absolute atomic E-state index is 12.7. The molecular formula is C18H22N4O3S. The Kier molecular flexibility index (Phi) is 5.24. The van der Waals surface area contributed by atoms with Crippen LogP contribution in [0.2, 0.25) is 0 Å². The second kappa shape index (κ2) is 7.43. The van der Waals surface area contributed by atoms with Crippen LogP contribution < -0.4 is 4.90 Å².